The first-order valence-electron chi connectivity index (χ1n) is 9.12. The van der Waals surface area contributed by atoms with E-state index in [1.165, 1.54) is 0 Å². The van der Waals surface area contributed by atoms with Gasteiger partial charge in [0.2, 0.25) is 12.7 Å². The number of imide groups is 1. The molecule has 1 fully saturated rings. The third-order valence-electron chi connectivity index (χ3n) is 4.77. The molecule has 0 spiro atoms. The van der Waals surface area contributed by atoms with Crippen molar-refractivity contribution in [3.63, 3.8) is 0 Å². The van der Waals surface area contributed by atoms with Crippen molar-refractivity contribution in [2.75, 3.05) is 6.79 Å². The van der Waals surface area contributed by atoms with Crippen LogP contribution < -0.4 is 20.1 Å². The van der Waals surface area contributed by atoms with Crippen molar-refractivity contribution in [1.82, 2.24) is 15.5 Å². The first-order valence-corrected chi connectivity index (χ1v) is 9.87. The van der Waals surface area contributed by atoms with E-state index in [2.05, 4.69) is 10.6 Å². The Labute approximate surface area is 182 Å². The minimum atomic E-state index is -0.924. The van der Waals surface area contributed by atoms with E-state index in [1.807, 2.05) is 0 Å². The Morgan fingerprint density at radius 3 is 2.73 bits per heavy atom. The Morgan fingerprint density at radius 2 is 1.93 bits per heavy atom. The summed E-state index contributed by atoms with van der Waals surface area (Å²) in [6.07, 6.45) is -0.173. The number of hydrogen-bond donors (Lipinski definition) is 2. The summed E-state index contributed by atoms with van der Waals surface area (Å²) in [7, 11) is 0. The van der Waals surface area contributed by atoms with Crippen molar-refractivity contribution in [1.29, 1.82) is 0 Å². The zero-order valence-corrected chi connectivity index (χ0v) is 17.1. The van der Waals surface area contributed by atoms with E-state index in [0.717, 1.165) is 4.90 Å². The van der Waals surface area contributed by atoms with E-state index in [0.29, 0.717) is 32.7 Å². The van der Waals surface area contributed by atoms with Crippen LogP contribution >= 0.6 is 23.2 Å². The fourth-order valence-electron chi connectivity index (χ4n) is 3.20. The summed E-state index contributed by atoms with van der Waals surface area (Å²) in [5, 5.41) is 6.18. The van der Waals surface area contributed by atoms with Gasteiger partial charge in [-0.3, -0.25) is 14.5 Å². The maximum atomic E-state index is 12.6. The highest BCUT2D eigenvalue weighted by molar-refractivity contribution is 6.35. The van der Waals surface area contributed by atoms with E-state index in [9.17, 15) is 14.4 Å². The molecule has 1 atom stereocenters. The SMILES string of the molecule is O=C(C[C@H]1NC(=O)N(Cc2ccc3c(c2)OCO3)C1=O)NCc1ccc(Cl)cc1Cl. The van der Waals surface area contributed by atoms with Crippen molar-refractivity contribution in [3.8, 4) is 11.5 Å². The third-order valence-corrected chi connectivity index (χ3v) is 5.35. The highest BCUT2D eigenvalue weighted by Crippen LogP contribution is 2.33. The summed E-state index contributed by atoms with van der Waals surface area (Å²) in [6.45, 7) is 0.394. The monoisotopic (exact) mass is 449 g/mol. The van der Waals surface area contributed by atoms with Crippen molar-refractivity contribution in [2.45, 2.75) is 25.6 Å². The van der Waals surface area contributed by atoms with Crippen LogP contribution in [-0.4, -0.2) is 35.6 Å². The van der Waals surface area contributed by atoms with Crippen molar-refractivity contribution in [2.24, 2.45) is 0 Å². The van der Waals surface area contributed by atoms with Gasteiger partial charge < -0.3 is 20.1 Å². The zero-order chi connectivity index (χ0) is 21.3. The number of nitrogens with zero attached hydrogens (tertiary/aromatic N) is 1. The molecule has 0 unspecified atom stereocenters. The van der Waals surface area contributed by atoms with Crippen molar-refractivity contribution in [3.05, 3.63) is 57.6 Å². The molecule has 2 heterocycles. The van der Waals surface area contributed by atoms with Gasteiger partial charge in [0.25, 0.3) is 5.91 Å². The van der Waals surface area contributed by atoms with Crippen LogP contribution in [0.25, 0.3) is 0 Å². The molecule has 4 amide bonds. The molecule has 4 rings (SSSR count). The molecule has 10 heteroatoms. The maximum absolute atomic E-state index is 12.6. The Morgan fingerprint density at radius 1 is 1.13 bits per heavy atom. The van der Waals surface area contributed by atoms with Gasteiger partial charge in [0.05, 0.1) is 13.0 Å². The maximum Gasteiger partial charge on any atom is 0.325 e. The van der Waals surface area contributed by atoms with Gasteiger partial charge >= 0.3 is 6.03 Å². The standard InChI is InChI=1S/C20H17Cl2N3O5/c21-13-3-2-12(14(22)6-13)8-23-18(26)7-15-19(27)25(20(28)24-15)9-11-1-4-16-17(5-11)30-10-29-16/h1-6,15H,7-10H2,(H,23,26)(H,24,28)/t15-/m1/s1. The Hall–Kier alpha value is -2.97. The lowest BCUT2D eigenvalue weighted by molar-refractivity contribution is -0.131. The number of nitrogens with one attached hydrogen (secondary N) is 2. The molecule has 0 aromatic heterocycles. The molecule has 0 saturated carbocycles. The highest BCUT2D eigenvalue weighted by Gasteiger charge is 2.39. The molecular formula is C20H17Cl2N3O5. The van der Waals surface area contributed by atoms with Gasteiger partial charge in [-0.25, -0.2) is 4.79 Å². The van der Waals surface area contributed by atoms with Gasteiger partial charge in [-0.15, -0.1) is 0 Å². The molecule has 0 radical (unpaired) electrons. The number of benzene rings is 2. The smallest absolute Gasteiger partial charge is 0.325 e. The molecule has 2 aromatic carbocycles. The number of hydrogen-bond acceptors (Lipinski definition) is 5. The predicted molar refractivity (Wildman–Crippen MR) is 108 cm³/mol. The highest BCUT2D eigenvalue weighted by atomic mass is 35.5. The van der Waals surface area contributed by atoms with Crippen LogP contribution in [0, 0.1) is 0 Å². The number of amides is 4. The van der Waals surface area contributed by atoms with Crippen molar-refractivity contribution < 1.29 is 23.9 Å². The first-order chi connectivity index (χ1) is 14.4. The van der Waals surface area contributed by atoms with Gasteiger partial charge in [-0.2, -0.15) is 0 Å². The molecule has 1 saturated heterocycles. The number of halogens is 2. The second kappa shape index (κ2) is 8.41. The summed E-state index contributed by atoms with van der Waals surface area (Å²) < 4.78 is 10.6. The van der Waals surface area contributed by atoms with Crippen LogP contribution in [0.2, 0.25) is 10.0 Å². The second-order valence-electron chi connectivity index (χ2n) is 6.83. The fourth-order valence-corrected chi connectivity index (χ4v) is 3.68. The molecule has 0 bridgehead atoms. The number of urea groups is 1. The summed E-state index contributed by atoms with van der Waals surface area (Å²) in [5.74, 6) is 0.338. The largest absolute Gasteiger partial charge is 0.454 e. The van der Waals surface area contributed by atoms with Gasteiger partial charge in [-0.1, -0.05) is 35.3 Å². The van der Waals surface area contributed by atoms with Crippen LogP contribution in [0.3, 0.4) is 0 Å². The Kier molecular flexibility index (Phi) is 5.69. The lowest BCUT2D eigenvalue weighted by atomic mass is 10.1. The lowest BCUT2D eigenvalue weighted by Crippen LogP contribution is -2.36. The van der Waals surface area contributed by atoms with Crippen LogP contribution in [0.5, 0.6) is 11.5 Å². The molecule has 2 N–H and O–H groups in total. The second-order valence-corrected chi connectivity index (χ2v) is 7.67. The van der Waals surface area contributed by atoms with Gasteiger partial charge in [0, 0.05) is 16.6 Å². The Bertz CT molecular complexity index is 1030. The average molecular weight is 450 g/mol. The Balaban J connectivity index is 1.33. The summed E-state index contributed by atoms with van der Waals surface area (Å²) in [5.41, 5.74) is 1.41. The zero-order valence-electron chi connectivity index (χ0n) is 15.6. The fraction of sp³-hybridized carbons (Fsp3) is 0.250. The molecule has 2 aliphatic heterocycles. The molecule has 2 aromatic rings. The van der Waals surface area contributed by atoms with E-state index < -0.39 is 18.0 Å². The molecule has 2 aliphatic rings. The van der Waals surface area contributed by atoms with Gasteiger partial charge in [-0.05, 0) is 35.4 Å². The normalized spacial score (nSPS) is 17.3. The van der Waals surface area contributed by atoms with Crippen LogP contribution in [0.1, 0.15) is 17.5 Å². The summed E-state index contributed by atoms with van der Waals surface area (Å²) in [6, 6.07) is 8.69. The predicted octanol–water partition coefficient (Wildman–Crippen LogP) is 2.85. The van der Waals surface area contributed by atoms with Crippen LogP contribution in [0.15, 0.2) is 36.4 Å². The number of carbonyl (C=O) groups is 3. The number of ether oxygens (including phenoxy) is 2. The molecule has 156 valence electrons. The van der Waals surface area contributed by atoms with E-state index in [4.69, 9.17) is 32.7 Å². The minimum Gasteiger partial charge on any atom is -0.454 e. The number of rotatable bonds is 6. The summed E-state index contributed by atoms with van der Waals surface area (Å²) >= 11 is 11.9. The van der Waals surface area contributed by atoms with E-state index >= 15 is 0 Å². The number of fused-ring (bicyclic) bond motifs is 1. The van der Waals surface area contributed by atoms with Crippen LogP contribution in [0.4, 0.5) is 4.79 Å². The molecule has 30 heavy (non-hydrogen) atoms. The van der Waals surface area contributed by atoms with Gasteiger partial charge in [0.1, 0.15) is 6.04 Å². The first kappa shape index (κ1) is 20.3. The minimum absolute atomic E-state index is 0.0693. The summed E-state index contributed by atoms with van der Waals surface area (Å²) in [4.78, 5) is 38.2. The molecule has 0 aliphatic carbocycles. The lowest BCUT2D eigenvalue weighted by Gasteiger charge is -2.13. The quantitative estimate of drug-likeness (QED) is 0.660. The van der Waals surface area contributed by atoms with E-state index in [1.54, 1.807) is 36.4 Å². The van der Waals surface area contributed by atoms with E-state index in [-0.39, 0.29) is 32.2 Å². The van der Waals surface area contributed by atoms with Crippen LogP contribution in [-0.2, 0) is 22.7 Å². The molecule has 8 nitrogen and oxygen atoms in total. The van der Waals surface area contributed by atoms with Crippen molar-refractivity contribution >= 4 is 41.0 Å². The van der Waals surface area contributed by atoms with Gasteiger partial charge in [0.15, 0.2) is 11.5 Å². The third kappa shape index (κ3) is 4.29. The average Bonchev–Trinajstić information content (AvgIpc) is 3.27. The number of carbonyl (C=O) groups excluding carboxylic acids is 3. The topological polar surface area (TPSA) is 97.0 Å². The molecular weight excluding hydrogens is 433 g/mol.